The largest absolute Gasteiger partial charge is 0.449 e. The standard InChI is InChI=1S/C16H14ClFN2O3/c1-9(15(21)20-14-5-3-2-4-12(14)18)23-16(22)11-7-6-10(17)8-13(11)19/h2-9H,19H2,1H3,(H,20,21)/t9-/m1/s1. The zero-order chi connectivity index (χ0) is 17.0. The molecule has 2 aromatic carbocycles. The highest BCUT2D eigenvalue weighted by molar-refractivity contribution is 6.31. The van der Waals surface area contributed by atoms with E-state index in [0.717, 1.165) is 0 Å². The monoisotopic (exact) mass is 336 g/mol. The van der Waals surface area contributed by atoms with E-state index < -0.39 is 23.8 Å². The van der Waals surface area contributed by atoms with E-state index in [1.54, 1.807) is 6.07 Å². The molecule has 0 aliphatic heterocycles. The summed E-state index contributed by atoms with van der Waals surface area (Å²) in [6.07, 6.45) is -1.13. The smallest absolute Gasteiger partial charge is 0.341 e. The molecule has 0 aromatic heterocycles. The number of amides is 1. The molecule has 23 heavy (non-hydrogen) atoms. The van der Waals surface area contributed by atoms with Crippen LogP contribution in [-0.4, -0.2) is 18.0 Å². The topological polar surface area (TPSA) is 81.4 Å². The molecule has 0 fully saturated rings. The lowest BCUT2D eigenvalue weighted by atomic mass is 10.2. The number of ether oxygens (including phenoxy) is 1. The van der Waals surface area contributed by atoms with Gasteiger partial charge in [-0.2, -0.15) is 0 Å². The van der Waals surface area contributed by atoms with Crippen molar-refractivity contribution in [2.45, 2.75) is 13.0 Å². The third-order valence-electron chi connectivity index (χ3n) is 3.02. The summed E-state index contributed by atoms with van der Waals surface area (Å²) in [5.74, 6) is -2.01. The van der Waals surface area contributed by atoms with E-state index in [0.29, 0.717) is 5.02 Å². The van der Waals surface area contributed by atoms with Crippen LogP contribution in [0, 0.1) is 5.82 Å². The van der Waals surface area contributed by atoms with E-state index in [1.807, 2.05) is 0 Å². The zero-order valence-electron chi connectivity index (χ0n) is 12.2. The Hall–Kier alpha value is -2.60. The first kappa shape index (κ1) is 16.8. The van der Waals surface area contributed by atoms with Crippen molar-refractivity contribution in [1.82, 2.24) is 0 Å². The average Bonchev–Trinajstić information content (AvgIpc) is 2.49. The highest BCUT2D eigenvalue weighted by Crippen LogP contribution is 2.19. The fraction of sp³-hybridized carbons (Fsp3) is 0.125. The van der Waals surface area contributed by atoms with Gasteiger partial charge in [0, 0.05) is 10.7 Å². The molecule has 0 bridgehead atoms. The zero-order valence-corrected chi connectivity index (χ0v) is 12.9. The molecule has 0 aliphatic rings. The van der Waals surface area contributed by atoms with E-state index in [4.69, 9.17) is 22.1 Å². The van der Waals surface area contributed by atoms with Crippen LogP contribution < -0.4 is 11.1 Å². The Morgan fingerprint density at radius 1 is 1.26 bits per heavy atom. The number of anilines is 2. The minimum Gasteiger partial charge on any atom is -0.449 e. The van der Waals surface area contributed by atoms with Gasteiger partial charge in [-0.15, -0.1) is 0 Å². The van der Waals surface area contributed by atoms with Crippen LogP contribution in [0.2, 0.25) is 5.02 Å². The number of nitrogens with two attached hydrogens (primary N) is 1. The number of esters is 1. The van der Waals surface area contributed by atoms with Crippen LogP contribution in [0.1, 0.15) is 17.3 Å². The number of carbonyl (C=O) groups excluding carboxylic acids is 2. The van der Waals surface area contributed by atoms with Gasteiger partial charge in [0.15, 0.2) is 6.10 Å². The molecule has 0 spiro atoms. The third kappa shape index (κ3) is 4.20. The van der Waals surface area contributed by atoms with Crippen molar-refractivity contribution in [1.29, 1.82) is 0 Å². The van der Waals surface area contributed by atoms with E-state index in [-0.39, 0.29) is 16.9 Å². The fourth-order valence-electron chi connectivity index (χ4n) is 1.79. The molecule has 2 aromatic rings. The minimum absolute atomic E-state index is 0.00593. The number of benzene rings is 2. The Balaban J connectivity index is 2.03. The number of para-hydroxylation sites is 1. The summed E-state index contributed by atoms with van der Waals surface area (Å²) >= 11 is 5.75. The second-order valence-electron chi connectivity index (χ2n) is 4.75. The molecule has 0 saturated heterocycles. The van der Waals surface area contributed by atoms with Crippen LogP contribution in [0.25, 0.3) is 0 Å². The Bertz CT molecular complexity index is 752. The SMILES string of the molecule is C[C@@H](OC(=O)c1ccc(Cl)cc1N)C(=O)Nc1ccccc1F. The maximum absolute atomic E-state index is 13.5. The Kier molecular flexibility index (Phi) is 5.18. The Morgan fingerprint density at radius 2 is 1.96 bits per heavy atom. The summed E-state index contributed by atoms with van der Waals surface area (Å²) in [5.41, 5.74) is 5.93. The van der Waals surface area contributed by atoms with Crippen molar-refractivity contribution in [3.8, 4) is 0 Å². The first-order valence-electron chi connectivity index (χ1n) is 6.70. The van der Waals surface area contributed by atoms with Gasteiger partial charge in [0.25, 0.3) is 5.91 Å². The molecule has 0 unspecified atom stereocenters. The lowest BCUT2D eigenvalue weighted by Gasteiger charge is -2.14. The van der Waals surface area contributed by atoms with E-state index in [2.05, 4.69) is 5.32 Å². The molecule has 1 amide bonds. The van der Waals surface area contributed by atoms with Crippen molar-refractivity contribution in [2.24, 2.45) is 0 Å². The van der Waals surface area contributed by atoms with Crippen LogP contribution >= 0.6 is 11.6 Å². The lowest BCUT2D eigenvalue weighted by molar-refractivity contribution is -0.123. The highest BCUT2D eigenvalue weighted by Gasteiger charge is 2.21. The predicted octanol–water partition coefficient (Wildman–Crippen LogP) is 3.25. The lowest BCUT2D eigenvalue weighted by Crippen LogP contribution is -2.30. The first-order valence-corrected chi connectivity index (χ1v) is 7.07. The van der Waals surface area contributed by atoms with Crippen LogP contribution in [0.15, 0.2) is 42.5 Å². The summed E-state index contributed by atoms with van der Waals surface area (Å²) in [7, 11) is 0. The Labute approximate surface area is 137 Å². The normalized spacial score (nSPS) is 11.6. The van der Waals surface area contributed by atoms with Crippen LogP contribution in [0.3, 0.4) is 0 Å². The molecule has 0 heterocycles. The van der Waals surface area contributed by atoms with E-state index in [1.165, 1.54) is 43.3 Å². The van der Waals surface area contributed by atoms with Crippen LogP contribution in [0.4, 0.5) is 15.8 Å². The van der Waals surface area contributed by atoms with Gasteiger partial charge in [-0.3, -0.25) is 4.79 Å². The molecule has 3 N–H and O–H groups in total. The van der Waals surface area contributed by atoms with E-state index in [9.17, 15) is 14.0 Å². The number of hydrogen-bond donors (Lipinski definition) is 2. The highest BCUT2D eigenvalue weighted by atomic mass is 35.5. The summed E-state index contributed by atoms with van der Waals surface area (Å²) in [5, 5.41) is 2.73. The minimum atomic E-state index is -1.13. The van der Waals surface area contributed by atoms with Crippen molar-refractivity contribution in [3.63, 3.8) is 0 Å². The van der Waals surface area contributed by atoms with Gasteiger partial charge in [-0.05, 0) is 37.3 Å². The maximum Gasteiger partial charge on any atom is 0.341 e. The molecule has 2 rings (SSSR count). The van der Waals surface area contributed by atoms with Gasteiger partial charge in [0.1, 0.15) is 5.82 Å². The van der Waals surface area contributed by atoms with Crippen molar-refractivity contribution in [3.05, 3.63) is 58.9 Å². The molecule has 7 heteroatoms. The van der Waals surface area contributed by atoms with Crippen molar-refractivity contribution >= 4 is 34.9 Å². The number of rotatable bonds is 4. The van der Waals surface area contributed by atoms with Gasteiger partial charge in [0.2, 0.25) is 0 Å². The van der Waals surface area contributed by atoms with Crippen molar-refractivity contribution in [2.75, 3.05) is 11.1 Å². The molecule has 120 valence electrons. The first-order chi connectivity index (χ1) is 10.9. The Morgan fingerprint density at radius 3 is 2.61 bits per heavy atom. The molecule has 5 nitrogen and oxygen atoms in total. The number of halogens is 2. The van der Waals surface area contributed by atoms with Crippen LogP contribution in [0.5, 0.6) is 0 Å². The number of hydrogen-bond acceptors (Lipinski definition) is 4. The second-order valence-corrected chi connectivity index (χ2v) is 5.18. The summed E-state index contributed by atoms with van der Waals surface area (Å²) in [6.45, 7) is 1.38. The quantitative estimate of drug-likeness (QED) is 0.663. The van der Waals surface area contributed by atoms with Gasteiger partial charge < -0.3 is 15.8 Å². The summed E-state index contributed by atoms with van der Waals surface area (Å²) < 4.78 is 18.5. The summed E-state index contributed by atoms with van der Waals surface area (Å²) in [6, 6.07) is 9.98. The number of nitrogen functional groups attached to an aromatic ring is 1. The van der Waals surface area contributed by atoms with Gasteiger partial charge in [0.05, 0.1) is 11.3 Å². The van der Waals surface area contributed by atoms with Gasteiger partial charge >= 0.3 is 5.97 Å². The third-order valence-corrected chi connectivity index (χ3v) is 3.25. The molecule has 0 aliphatic carbocycles. The maximum atomic E-state index is 13.5. The second kappa shape index (κ2) is 7.11. The van der Waals surface area contributed by atoms with Crippen LogP contribution in [-0.2, 0) is 9.53 Å². The molecule has 0 saturated carbocycles. The molecular formula is C16H14ClFN2O3. The average molecular weight is 337 g/mol. The predicted molar refractivity (Wildman–Crippen MR) is 85.8 cm³/mol. The fourth-order valence-corrected chi connectivity index (χ4v) is 1.97. The number of carbonyl (C=O) groups is 2. The summed E-state index contributed by atoms with van der Waals surface area (Å²) in [4.78, 5) is 24.0. The molecule has 1 atom stereocenters. The van der Waals surface area contributed by atoms with Gasteiger partial charge in [-0.1, -0.05) is 23.7 Å². The van der Waals surface area contributed by atoms with E-state index >= 15 is 0 Å². The molecular weight excluding hydrogens is 323 g/mol. The van der Waals surface area contributed by atoms with Crippen molar-refractivity contribution < 1.29 is 18.7 Å². The number of nitrogens with one attached hydrogen (secondary N) is 1. The van der Waals surface area contributed by atoms with Gasteiger partial charge in [-0.25, -0.2) is 9.18 Å². The molecule has 0 radical (unpaired) electrons.